The summed E-state index contributed by atoms with van der Waals surface area (Å²) in [6.07, 6.45) is 1.42. The van der Waals surface area contributed by atoms with E-state index in [0.717, 1.165) is 24.4 Å². The lowest BCUT2D eigenvalue weighted by molar-refractivity contribution is -0.122. The molecule has 2 aromatic carbocycles. The summed E-state index contributed by atoms with van der Waals surface area (Å²) in [5.74, 6) is 1.28. The summed E-state index contributed by atoms with van der Waals surface area (Å²) >= 11 is 0. The Labute approximate surface area is 159 Å². The average molecular weight is 368 g/mol. The molecule has 2 aromatic rings. The minimum atomic E-state index is -0.599. The van der Waals surface area contributed by atoms with Gasteiger partial charge in [-0.3, -0.25) is 9.59 Å². The van der Waals surface area contributed by atoms with Crippen LogP contribution in [0.4, 0.5) is 11.4 Å². The Bertz CT molecular complexity index is 787. The molecule has 1 heterocycles. The van der Waals surface area contributed by atoms with Gasteiger partial charge in [-0.1, -0.05) is 6.92 Å². The second kappa shape index (κ2) is 8.58. The molecule has 1 atom stereocenters. The van der Waals surface area contributed by atoms with Crippen LogP contribution in [0.25, 0.3) is 0 Å². The number of hydrogen-bond donors (Lipinski definition) is 1. The lowest BCUT2D eigenvalue weighted by Crippen LogP contribution is -2.32. The van der Waals surface area contributed by atoms with E-state index in [1.807, 2.05) is 19.1 Å². The van der Waals surface area contributed by atoms with Crippen LogP contribution in [0, 0.1) is 0 Å². The molecule has 1 aliphatic rings. The van der Waals surface area contributed by atoms with Gasteiger partial charge in [-0.05, 0) is 61.4 Å². The number of carbonyl (C=O) groups is 2. The van der Waals surface area contributed by atoms with Crippen molar-refractivity contribution >= 4 is 23.2 Å². The Morgan fingerprint density at radius 3 is 2.33 bits per heavy atom. The fourth-order valence-electron chi connectivity index (χ4n) is 3.01. The van der Waals surface area contributed by atoms with E-state index >= 15 is 0 Å². The molecule has 6 nitrogen and oxygen atoms in total. The van der Waals surface area contributed by atoms with Crippen molar-refractivity contribution in [3.63, 3.8) is 0 Å². The monoisotopic (exact) mass is 368 g/mol. The molecule has 6 heteroatoms. The molecule has 142 valence electrons. The first-order valence-electron chi connectivity index (χ1n) is 9.12. The van der Waals surface area contributed by atoms with Crippen molar-refractivity contribution in [2.75, 3.05) is 23.9 Å². The number of nitrogens with one attached hydrogen (secondary N) is 1. The number of methoxy groups -OCH3 is 1. The molecule has 0 unspecified atom stereocenters. The molecule has 1 fully saturated rings. The number of amides is 2. The Kier molecular flexibility index (Phi) is 5.96. The van der Waals surface area contributed by atoms with Crippen molar-refractivity contribution < 1.29 is 19.1 Å². The van der Waals surface area contributed by atoms with Gasteiger partial charge in [0.25, 0.3) is 5.91 Å². The van der Waals surface area contributed by atoms with Crippen molar-refractivity contribution in [2.45, 2.75) is 32.3 Å². The first-order chi connectivity index (χ1) is 13.1. The standard InChI is InChI=1S/C21H24N2O4/c1-3-19(27-18-12-10-17(26-2)11-13-18)21(25)22-15-6-8-16(9-7-15)23-14-4-5-20(23)24/h6-13,19H,3-5,14H2,1-2H3,(H,22,25)/t19-/m0/s1. The van der Waals surface area contributed by atoms with Gasteiger partial charge in [-0.2, -0.15) is 0 Å². The number of carbonyl (C=O) groups excluding carboxylic acids is 2. The largest absolute Gasteiger partial charge is 0.497 e. The maximum absolute atomic E-state index is 12.5. The lowest BCUT2D eigenvalue weighted by Gasteiger charge is -2.19. The minimum absolute atomic E-state index is 0.144. The summed E-state index contributed by atoms with van der Waals surface area (Å²) in [5.41, 5.74) is 1.53. The van der Waals surface area contributed by atoms with E-state index in [9.17, 15) is 9.59 Å². The van der Waals surface area contributed by atoms with Gasteiger partial charge in [0, 0.05) is 24.3 Å². The lowest BCUT2D eigenvalue weighted by atomic mass is 10.2. The van der Waals surface area contributed by atoms with Crippen molar-refractivity contribution in [1.82, 2.24) is 0 Å². The maximum Gasteiger partial charge on any atom is 0.265 e. The first kappa shape index (κ1) is 18.8. The molecule has 3 rings (SSSR count). The highest BCUT2D eigenvalue weighted by molar-refractivity contribution is 5.97. The van der Waals surface area contributed by atoms with E-state index in [0.29, 0.717) is 24.3 Å². The van der Waals surface area contributed by atoms with Crippen molar-refractivity contribution in [1.29, 1.82) is 0 Å². The van der Waals surface area contributed by atoms with Crippen LogP contribution in [0.15, 0.2) is 48.5 Å². The van der Waals surface area contributed by atoms with Crippen LogP contribution in [0.3, 0.4) is 0 Å². The smallest absolute Gasteiger partial charge is 0.265 e. The third-order valence-corrected chi connectivity index (χ3v) is 4.52. The van der Waals surface area contributed by atoms with Gasteiger partial charge in [-0.25, -0.2) is 0 Å². The van der Waals surface area contributed by atoms with Crippen molar-refractivity contribution in [3.05, 3.63) is 48.5 Å². The van der Waals surface area contributed by atoms with E-state index < -0.39 is 6.10 Å². The van der Waals surface area contributed by atoms with Gasteiger partial charge in [0.1, 0.15) is 11.5 Å². The highest BCUT2D eigenvalue weighted by Crippen LogP contribution is 2.24. The zero-order valence-corrected chi connectivity index (χ0v) is 15.6. The topological polar surface area (TPSA) is 67.9 Å². The van der Waals surface area contributed by atoms with Crippen LogP contribution in [0.5, 0.6) is 11.5 Å². The highest BCUT2D eigenvalue weighted by atomic mass is 16.5. The van der Waals surface area contributed by atoms with Crippen molar-refractivity contribution in [3.8, 4) is 11.5 Å². The van der Waals surface area contributed by atoms with E-state index in [1.54, 1.807) is 48.4 Å². The molecule has 1 saturated heterocycles. The highest BCUT2D eigenvalue weighted by Gasteiger charge is 2.22. The summed E-state index contributed by atoms with van der Waals surface area (Å²) in [7, 11) is 1.60. The summed E-state index contributed by atoms with van der Waals surface area (Å²) in [4.78, 5) is 26.1. The SMILES string of the molecule is CC[C@H](Oc1ccc(OC)cc1)C(=O)Nc1ccc(N2CCCC2=O)cc1. The number of nitrogens with zero attached hydrogens (tertiary/aromatic N) is 1. The number of ether oxygens (including phenoxy) is 2. The Hall–Kier alpha value is -3.02. The molecule has 0 saturated carbocycles. The fraction of sp³-hybridized carbons (Fsp3) is 0.333. The molecule has 0 spiro atoms. The third kappa shape index (κ3) is 4.58. The molecule has 2 amide bonds. The summed E-state index contributed by atoms with van der Waals surface area (Å²) in [6, 6.07) is 14.4. The summed E-state index contributed by atoms with van der Waals surface area (Å²) < 4.78 is 10.9. The zero-order valence-electron chi connectivity index (χ0n) is 15.6. The number of hydrogen-bond acceptors (Lipinski definition) is 4. The molecule has 1 N–H and O–H groups in total. The van der Waals surface area contributed by atoms with E-state index in [1.165, 1.54) is 0 Å². The van der Waals surface area contributed by atoms with Crippen LogP contribution in [-0.2, 0) is 9.59 Å². The van der Waals surface area contributed by atoms with Crippen LogP contribution in [0.1, 0.15) is 26.2 Å². The van der Waals surface area contributed by atoms with Crippen LogP contribution < -0.4 is 19.7 Å². The molecule has 1 aliphatic heterocycles. The molecule has 0 bridgehead atoms. The predicted molar refractivity (Wildman–Crippen MR) is 104 cm³/mol. The van der Waals surface area contributed by atoms with Crippen LogP contribution >= 0.6 is 0 Å². The second-order valence-corrected chi connectivity index (χ2v) is 6.38. The van der Waals surface area contributed by atoms with Crippen LogP contribution in [-0.4, -0.2) is 31.6 Å². The van der Waals surface area contributed by atoms with E-state index in [-0.39, 0.29) is 11.8 Å². The molecule has 0 aromatic heterocycles. The van der Waals surface area contributed by atoms with Crippen LogP contribution in [0.2, 0.25) is 0 Å². The minimum Gasteiger partial charge on any atom is -0.497 e. The van der Waals surface area contributed by atoms with E-state index in [2.05, 4.69) is 5.32 Å². The molecule has 0 radical (unpaired) electrons. The van der Waals surface area contributed by atoms with Gasteiger partial charge in [0.05, 0.1) is 7.11 Å². The predicted octanol–water partition coefficient (Wildman–Crippen LogP) is 3.62. The van der Waals surface area contributed by atoms with Gasteiger partial charge < -0.3 is 19.7 Å². The molecular weight excluding hydrogens is 344 g/mol. The fourth-order valence-corrected chi connectivity index (χ4v) is 3.01. The van der Waals surface area contributed by atoms with Crippen molar-refractivity contribution in [2.24, 2.45) is 0 Å². The maximum atomic E-state index is 12.5. The summed E-state index contributed by atoms with van der Waals surface area (Å²) in [6.45, 7) is 2.65. The first-order valence-corrected chi connectivity index (χ1v) is 9.12. The van der Waals surface area contributed by atoms with Gasteiger partial charge in [0.2, 0.25) is 5.91 Å². The molecule has 27 heavy (non-hydrogen) atoms. The van der Waals surface area contributed by atoms with Gasteiger partial charge in [-0.15, -0.1) is 0 Å². The molecular formula is C21H24N2O4. The number of rotatable bonds is 7. The molecule has 0 aliphatic carbocycles. The summed E-state index contributed by atoms with van der Waals surface area (Å²) in [5, 5.41) is 2.87. The quantitative estimate of drug-likeness (QED) is 0.811. The number of anilines is 2. The normalized spacial score (nSPS) is 14.7. The average Bonchev–Trinajstić information content (AvgIpc) is 3.13. The second-order valence-electron chi connectivity index (χ2n) is 6.38. The Morgan fingerprint density at radius 1 is 1.11 bits per heavy atom. The van der Waals surface area contributed by atoms with E-state index in [4.69, 9.17) is 9.47 Å². The Balaban J connectivity index is 1.61. The van der Waals surface area contributed by atoms with Gasteiger partial charge in [0.15, 0.2) is 6.10 Å². The van der Waals surface area contributed by atoms with Gasteiger partial charge >= 0.3 is 0 Å². The zero-order chi connectivity index (χ0) is 19.2. The Morgan fingerprint density at radius 2 is 1.78 bits per heavy atom. The number of benzene rings is 2. The third-order valence-electron chi connectivity index (χ3n) is 4.52.